The molecule has 1 aliphatic rings. The quantitative estimate of drug-likeness (QED) is 0.654. The lowest BCUT2D eigenvalue weighted by Crippen LogP contribution is -2.36. The minimum atomic E-state index is -0.352. The fourth-order valence-electron chi connectivity index (χ4n) is 3.09. The van der Waals surface area contributed by atoms with Gasteiger partial charge in [-0.05, 0) is 44.9 Å². The zero-order valence-corrected chi connectivity index (χ0v) is 13.0. The highest BCUT2D eigenvalue weighted by atomic mass is 16.5. The van der Waals surface area contributed by atoms with Crippen LogP contribution in [0.25, 0.3) is 0 Å². The first-order valence-corrected chi connectivity index (χ1v) is 7.46. The van der Waals surface area contributed by atoms with Crippen molar-refractivity contribution in [2.75, 3.05) is 12.5 Å². The number of nitrogens with two attached hydrogens (primary N) is 1. The molecular weight excluding hydrogens is 252 g/mol. The number of hydrazine groups is 1. The fraction of sp³-hybridized carbons (Fsp3) is 0.733. The van der Waals surface area contributed by atoms with Gasteiger partial charge in [-0.15, -0.1) is 0 Å². The van der Waals surface area contributed by atoms with E-state index in [0.29, 0.717) is 0 Å². The average Bonchev–Trinajstić information content (AvgIpc) is 2.47. The van der Waals surface area contributed by atoms with Crippen molar-refractivity contribution < 1.29 is 4.74 Å². The van der Waals surface area contributed by atoms with Crippen LogP contribution in [0.5, 0.6) is 0 Å². The molecule has 0 radical (unpaired) electrons. The number of rotatable bonds is 4. The summed E-state index contributed by atoms with van der Waals surface area (Å²) in [7, 11) is 1.76. The van der Waals surface area contributed by atoms with E-state index in [1.54, 1.807) is 7.11 Å². The third kappa shape index (κ3) is 2.65. The van der Waals surface area contributed by atoms with Crippen LogP contribution < -0.4 is 11.3 Å². The van der Waals surface area contributed by atoms with E-state index in [2.05, 4.69) is 24.3 Å². The molecule has 20 heavy (non-hydrogen) atoms. The van der Waals surface area contributed by atoms with Crippen molar-refractivity contribution in [2.24, 2.45) is 11.8 Å². The van der Waals surface area contributed by atoms with E-state index < -0.39 is 0 Å². The summed E-state index contributed by atoms with van der Waals surface area (Å²) in [6.07, 6.45) is 5.11. The van der Waals surface area contributed by atoms with Crippen molar-refractivity contribution in [1.29, 1.82) is 0 Å². The van der Waals surface area contributed by atoms with Crippen LogP contribution in [0.1, 0.15) is 56.6 Å². The van der Waals surface area contributed by atoms with Crippen LogP contribution in [0.15, 0.2) is 0 Å². The topological polar surface area (TPSA) is 73.1 Å². The number of aromatic nitrogens is 2. The van der Waals surface area contributed by atoms with Crippen LogP contribution in [-0.4, -0.2) is 17.1 Å². The molecule has 1 aromatic heterocycles. The van der Waals surface area contributed by atoms with Crippen LogP contribution >= 0.6 is 0 Å². The third-order valence-corrected chi connectivity index (χ3v) is 4.58. The summed E-state index contributed by atoms with van der Waals surface area (Å²) in [5.41, 5.74) is 4.42. The molecule has 1 fully saturated rings. The second kappa shape index (κ2) is 6.06. The molecule has 112 valence electrons. The Morgan fingerprint density at radius 1 is 1.35 bits per heavy atom. The van der Waals surface area contributed by atoms with E-state index in [-0.39, 0.29) is 5.60 Å². The first-order chi connectivity index (χ1) is 9.56. The monoisotopic (exact) mass is 278 g/mol. The molecule has 1 heterocycles. The molecule has 2 rings (SSSR count). The molecule has 0 bridgehead atoms. The second-order valence-electron chi connectivity index (χ2n) is 5.84. The molecular formula is C15H26N4O. The summed E-state index contributed by atoms with van der Waals surface area (Å²) >= 11 is 0. The molecule has 1 saturated carbocycles. The highest BCUT2D eigenvalue weighted by Gasteiger charge is 2.39. The Hall–Kier alpha value is -1.20. The first kappa shape index (κ1) is 15.2. The largest absolute Gasteiger partial charge is 0.370 e. The van der Waals surface area contributed by atoms with Crippen molar-refractivity contribution in [3.8, 4) is 0 Å². The lowest BCUT2D eigenvalue weighted by Gasteiger charge is -2.37. The van der Waals surface area contributed by atoms with Crippen LogP contribution in [0.4, 0.5) is 5.82 Å². The molecule has 0 aromatic carbocycles. The highest BCUT2D eigenvalue weighted by molar-refractivity contribution is 5.46. The fourth-order valence-corrected chi connectivity index (χ4v) is 3.09. The molecule has 0 saturated heterocycles. The maximum atomic E-state index is 5.85. The molecule has 0 unspecified atom stereocenters. The van der Waals surface area contributed by atoms with E-state index in [1.807, 2.05) is 6.92 Å². The van der Waals surface area contributed by atoms with E-state index >= 15 is 0 Å². The molecule has 3 N–H and O–H groups in total. The van der Waals surface area contributed by atoms with Gasteiger partial charge < -0.3 is 10.2 Å². The maximum Gasteiger partial charge on any atom is 0.162 e. The zero-order valence-electron chi connectivity index (χ0n) is 13.0. The molecule has 0 aliphatic heterocycles. The number of anilines is 1. The summed E-state index contributed by atoms with van der Waals surface area (Å²) in [6, 6.07) is 0. The molecule has 0 amide bonds. The average molecular weight is 278 g/mol. The van der Waals surface area contributed by atoms with Gasteiger partial charge in [0.15, 0.2) is 5.82 Å². The number of ether oxygens (including phenoxy) is 1. The summed E-state index contributed by atoms with van der Waals surface area (Å²) in [5.74, 6) is 7.87. The minimum absolute atomic E-state index is 0.352. The van der Waals surface area contributed by atoms with Gasteiger partial charge in [0, 0.05) is 18.4 Å². The Kier molecular flexibility index (Phi) is 4.60. The van der Waals surface area contributed by atoms with Crippen molar-refractivity contribution in [1.82, 2.24) is 9.97 Å². The number of hydrogen-bond donors (Lipinski definition) is 2. The summed E-state index contributed by atoms with van der Waals surface area (Å²) < 4.78 is 5.85. The second-order valence-corrected chi connectivity index (χ2v) is 5.84. The van der Waals surface area contributed by atoms with Crippen molar-refractivity contribution in [3.63, 3.8) is 0 Å². The minimum Gasteiger partial charge on any atom is -0.370 e. The van der Waals surface area contributed by atoms with Crippen molar-refractivity contribution >= 4 is 5.82 Å². The van der Waals surface area contributed by atoms with Crippen molar-refractivity contribution in [2.45, 2.75) is 58.5 Å². The van der Waals surface area contributed by atoms with Gasteiger partial charge >= 0.3 is 0 Å². The molecule has 0 atom stereocenters. The molecule has 1 aromatic rings. The van der Waals surface area contributed by atoms with Crippen LogP contribution in [0, 0.1) is 12.8 Å². The Morgan fingerprint density at radius 3 is 2.50 bits per heavy atom. The van der Waals surface area contributed by atoms with Gasteiger partial charge in [0.25, 0.3) is 0 Å². The normalized spacial score (nSPS) is 26.6. The lowest BCUT2D eigenvalue weighted by molar-refractivity contribution is -0.0597. The number of methoxy groups -OCH3 is 1. The van der Waals surface area contributed by atoms with Crippen LogP contribution in [0.3, 0.4) is 0 Å². The smallest absolute Gasteiger partial charge is 0.162 e. The number of nitrogen functional groups attached to an aromatic ring is 1. The van der Waals surface area contributed by atoms with Crippen molar-refractivity contribution in [3.05, 3.63) is 17.1 Å². The van der Waals surface area contributed by atoms with Gasteiger partial charge in [0.05, 0.1) is 0 Å². The van der Waals surface area contributed by atoms with E-state index in [9.17, 15) is 0 Å². The van der Waals surface area contributed by atoms with Gasteiger partial charge in [-0.1, -0.05) is 13.8 Å². The van der Waals surface area contributed by atoms with Gasteiger partial charge in [-0.2, -0.15) is 0 Å². The maximum absolute atomic E-state index is 5.85. The third-order valence-electron chi connectivity index (χ3n) is 4.58. The Balaban J connectivity index is 2.42. The summed E-state index contributed by atoms with van der Waals surface area (Å²) in [6.45, 7) is 6.39. The summed E-state index contributed by atoms with van der Waals surface area (Å²) in [4.78, 5) is 9.35. The predicted molar refractivity (Wildman–Crippen MR) is 80.3 cm³/mol. The SMILES string of the molecule is CCc1c(C)nc(C2(OC)CCC(C)CC2)nc1NN. The molecule has 5 nitrogen and oxygen atoms in total. The number of nitrogens with zero attached hydrogens (tertiary/aromatic N) is 2. The van der Waals surface area contributed by atoms with Gasteiger partial charge in [-0.3, -0.25) is 0 Å². The first-order valence-electron chi connectivity index (χ1n) is 7.46. The predicted octanol–water partition coefficient (Wildman–Crippen LogP) is 2.68. The highest BCUT2D eigenvalue weighted by Crippen LogP contribution is 2.41. The molecule has 0 spiro atoms. The van der Waals surface area contributed by atoms with Crippen LogP contribution in [-0.2, 0) is 16.8 Å². The number of nitrogens with one attached hydrogen (secondary N) is 1. The Bertz CT molecular complexity index is 467. The van der Waals surface area contributed by atoms with E-state index in [0.717, 1.165) is 60.9 Å². The number of hydrogen-bond acceptors (Lipinski definition) is 5. The zero-order chi connectivity index (χ0) is 14.8. The van der Waals surface area contributed by atoms with Crippen LogP contribution in [0.2, 0.25) is 0 Å². The Morgan fingerprint density at radius 2 is 2.00 bits per heavy atom. The van der Waals surface area contributed by atoms with Gasteiger partial charge in [0.2, 0.25) is 0 Å². The molecule has 5 heteroatoms. The van der Waals surface area contributed by atoms with E-state index in [4.69, 9.17) is 15.6 Å². The molecule has 1 aliphatic carbocycles. The lowest BCUT2D eigenvalue weighted by atomic mass is 9.79. The standard InChI is InChI=1S/C15H26N4O/c1-5-12-11(3)17-14(18-13(12)19-16)15(20-4)8-6-10(2)7-9-15/h10H,5-9,16H2,1-4H3,(H,17,18,19). The van der Waals surface area contributed by atoms with Gasteiger partial charge in [0.1, 0.15) is 11.4 Å². The summed E-state index contributed by atoms with van der Waals surface area (Å²) in [5, 5.41) is 0. The Labute approximate surface area is 121 Å². The van der Waals surface area contributed by atoms with E-state index in [1.165, 1.54) is 0 Å². The number of aryl methyl sites for hydroxylation is 1. The van der Waals surface area contributed by atoms with Gasteiger partial charge in [-0.25, -0.2) is 15.8 Å².